The summed E-state index contributed by atoms with van der Waals surface area (Å²) < 4.78 is 4.68. The molecule has 2 rings (SSSR count). The maximum Gasteiger partial charge on any atom is 0.339 e. The molecule has 1 aliphatic rings. The van der Waals surface area contributed by atoms with Crippen molar-refractivity contribution in [2.75, 3.05) is 20.2 Å². The lowest BCUT2D eigenvalue weighted by Crippen LogP contribution is -2.46. The van der Waals surface area contributed by atoms with E-state index in [2.05, 4.69) is 21.5 Å². The Balaban J connectivity index is 1.99. The lowest BCUT2D eigenvalue weighted by Gasteiger charge is -2.38. The van der Waals surface area contributed by atoms with Crippen LogP contribution in [0.2, 0.25) is 0 Å². The first-order valence-corrected chi connectivity index (χ1v) is 7.65. The summed E-state index contributed by atoms with van der Waals surface area (Å²) in [7, 11) is 1.37. The highest BCUT2D eigenvalue weighted by Gasteiger charge is 2.26. The van der Waals surface area contributed by atoms with Gasteiger partial charge in [0.05, 0.1) is 18.4 Å². The Morgan fingerprint density at radius 2 is 2.33 bits per heavy atom. The lowest BCUT2D eigenvalue weighted by atomic mass is 9.89. The number of rotatable bonds is 5. The van der Waals surface area contributed by atoms with Crippen molar-refractivity contribution in [3.63, 3.8) is 0 Å². The monoisotopic (exact) mass is 291 g/mol. The molecule has 2 N–H and O–H groups in total. The number of ether oxygens (including phenoxy) is 1. The second-order valence-electron chi connectivity index (χ2n) is 5.69. The van der Waals surface area contributed by atoms with E-state index in [0.717, 1.165) is 24.7 Å². The zero-order chi connectivity index (χ0) is 15.2. The zero-order valence-corrected chi connectivity index (χ0v) is 12.9. The topological polar surface area (TPSA) is 68.5 Å². The maximum atomic E-state index is 11.4. The number of hydrogen-bond donors (Lipinski definition) is 1. The molecule has 5 nitrogen and oxygen atoms in total. The molecule has 116 valence electrons. The summed E-state index contributed by atoms with van der Waals surface area (Å²) in [6.45, 7) is 4.80. The maximum absolute atomic E-state index is 11.4. The molecule has 0 saturated carbocycles. The van der Waals surface area contributed by atoms with Crippen LogP contribution in [0.1, 0.15) is 42.2 Å². The third-order valence-electron chi connectivity index (χ3n) is 4.41. The predicted molar refractivity (Wildman–Crippen MR) is 81.8 cm³/mol. The van der Waals surface area contributed by atoms with E-state index in [4.69, 9.17) is 5.73 Å². The Kier molecular flexibility index (Phi) is 5.70. The highest BCUT2D eigenvalue weighted by Crippen LogP contribution is 2.25. The van der Waals surface area contributed by atoms with E-state index >= 15 is 0 Å². The summed E-state index contributed by atoms with van der Waals surface area (Å²) in [6.07, 6.45) is 5.22. The number of pyridine rings is 1. The van der Waals surface area contributed by atoms with Gasteiger partial charge in [-0.25, -0.2) is 4.79 Å². The highest BCUT2D eigenvalue weighted by molar-refractivity contribution is 5.88. The molecule has 1 fully saturated rings. The molecule has 0 aromatic carbocycles. The van der Waals surface area contributed by atoms with Crippen LogP contribution in [0.3, 0.4) is 0 Å². The number of methoxy groups -OCH3 is 1. The average Bonchev–Trinajstić information content (AvgIpc) is 2.55. The van der Waals surface area contributed by atoms with E-state index in [-0.39, 0.29) is 5.97 Å². The van der Waals surface area contributed by atoms with Crippen LogP contribution in [0.5, 0.6) is 0 Å². The van der Waals surface area contributed by atoms with Crippen molar-refractivity contribution in [2.45, 2.75) is 38.8 Å². The first kappa shape index (κ1) is 15.9. The Labute approximate surface area is 126 Å². The van der Waals surface area contributed by atoms with E-state index in [1.54, 1.807) is 12.3 Å². The molecule has 5 heteroatoms. The van der Waals surface area contributed by atoms with Crippen LogP contribution in [-0.4, -0.2) is 42.1 Å². The summed E-state index contributed by atoms with van der Waals surface area (Å²) in [6, 6.07) is 4.10. The molecular formula is C16H25N3O2. The number of nitrogens with zero attached hydrogens (tertiary/aromatic N) is 2. The summed E-state index contributed by atoms with van der Waals surface area (Å²) in [5.74, 6) is 0.446. The molecule has 1 saturated heterocycles. The van der Waals surface area contributed by atoms with E-state index in [9.17, 15) is 4.79 Å². The first-order chi connectivity index (χ1) is 10.2. The van der Waals surface area contributed by atoms with E-state index in [1.165, 1.54) is 26.4 Å². The average molecular weight is 291 g/mol. The second-order valence-corrected chi connectivity index (χ2v) is 5.69. The summed E-state index contributed by atoms with van der Waals surface area (Å²) in [5.41, 5.74) is 7.38. The number of piperidine rings is 1. The van der Waals surface area contributed by atoms with Gasteiger partial charge in [0.2, 0.25) is 0 Å². The number of carbonyl (C=O) groups is 1. The molecule has 1 aromatic rings. The van der Waals surface area contributed by atoms with Gasteiger partial charge in [0, 0.05) is 25.3 Å². The Morgan fingerprint density at radius 1 is 1.52 bits per heavy atom. The van der Waals surface area contributed by atoms with E-state index in [1.807, 2.05) is 6.07 Å². The molecule has 0 bridgehead atoms. The van der Waals surface area contributed by atoms with Crippen LogP contribution in [-0.2, 0) is 11.3 Å². The van der Waals surface area contributed by atoms with Crippen LogP contribution >= 0.6 is 0 Å². The summed E-state index contributed by atoms with van der Waals surface area (Å²) >= 11 is 0. The number of esters is 1. The molecule has 0 radical (unpaired) electrons. The van der Waals surface area contributed by atoms with Gasteiger partial charge in [-0.05, 0) is 37.4 Å². The van der Waals surface area contributed by atoms with Gasteiger partial charge in [-0.2, -0.15) is 0 Å². The van der Waals surface area contributed by atoms with E-state index in [0.29, 0.717) is 18.2 Å². The predicted octanol–water partition coefficient (Wildman–Crippen LogP) is 1.82. The van der Waals surface area contributed by atoms with Gasteiger partial charge in [-0.15, -0.1) is 0 Å². The molecule has 2 atom stereocenters. The molecule has 1 aliphatic heterocycles. The largest absolute Gasteiger partial charge is 0.465 e. The third kappa shape index (κ3) is 4.02. The van der Waals surface area contributed by atoms with Crippen molar-refractivity contribution < 1.29 is 9.53 Å². The molecule has 21 heavy (non-hydrogen) atoms. The van der Waals surface area contributed by atoms with Crippen molar-refractivity contribution >= 4 is 5.97 Å². The van der Waals surface area contributed by atoms with Gasteiger partial charge in [-0.3, -0.25) is 9.88 Å². The van der Waals surface area contributed by atoms with Crippen LogP contribution < -0.4 is 5.73 Å². The molecule has 0 aliphatic carbocycles. The van der Waals surface area contributed by atoms with Gasteiger partial charge in [-0.1, -0.05) is 13.3 Å². The SMILES string of the molecule is CCC1CCN(Cc2ccc(C(=O)OC)cn2)C(CN)C1. The smallest absolute Gasteiger partial charge is 0.339 e. The molecule has 0 spiro atoms. The van der Waals surface area contributed by atoms with Crippen LogP contribution in [0.25, 0.3) is 0 Å². The minimum atomic E-state index is -0.349. The quantitative estimate of drug-likeness (QED) is 0.838. The fourth-order valence-electron chi connectivity index (χ4n) is 2.97. The van der Waals surface area contributed by atoms with Crippen molar-refractivity contribution in [1.29, 1.82) is 0 Å². The van der Waals surface area contributed by atoms with Gasteiger partial charge in [0.1, 0.15) is 0 Å². The number of carbonyl (C=O) groups excluding carboxylic acids is 1. The van der Waals surface area contributed by atoms with Gasteiger partial charge in [0.25, 0.3) is 0 Å². The molecular weight excluding hydrogens is 266 g/mol. The Morgan fingerprint density at radius 3 is 2.90 bits per heavy atom. The van der Waals surface area contributed by atoms with Crippen molar-refractivity contribution in [3.8, 4) is 0 Å². The number of aromatic nitrogens is 1. The lowest BCUT2D eigenvalue weighted by molar-refractivity contribution is 0.0600. The van der Waals surface area contributed by atoms with Crippen LogP contribution in [0.15, 0.2) is 18.3 Å². The van der Waals surface area contributed by atoms with E-state index < -0.39 is 0 Å². The van der Waals surface area contributed by atoms with Crippen molar-refractivity contribution in [2.24, 2.45) is 11.7 Å². The fourth-order valence-corrected chi connectivity index (χ4v) is 2.97. The fraction of sp³-hybridized carbons (Fsp3) is 0.625. The number of hydrogen-bond acceptors (Lipinski definition) is 5. The van der Waals surface area contributed by atoms with Crippen LogP contribution in [0.4, 0.5) is 0 Å². The standard InChI is InChI=1S/C16H25N3O2/c1-3-12-6-7-19(15(8-12)9-17)11-14-5-4-13(10-18-14)16(20)21-2/h4-5,10,12,15H,3,6-9,11,17H2,1-2H3. The normalized spacial score (nSPS) is 23.0. The third-order valence-corrected chi connectivity index (χ3v) is 4.41. The summed E-state index contributed by atoms with van der Waals surface area (Å²) in [4.78, 5) is 18.2. The first-order valence-electron chi connectivity index (χ1n) is 7.65. The van der Waals surface area contributed by atoms with Crippen molar-refractivity contribution in [1.82, 2.24) is 9.88 Å². The minimum absolute atomic E-state index is 0.349. The van der Waals surface area contributed by atoms with Gasteiger partial charge in [0.15, 0.2) is 0 Å². The minimum Gasteiger partial charge on any atom is -0.465 e. The van der Waals surface area contributed by atoms with Crippen LogP contribution in [0, 0.1) is 5.92 Å². The van der Waals surface area contributed by atoms with Gasteiger partial charge < -0.3 is 10.5 Å². The van der Waals surface area contributed by atoms with Gasteiger partial charge >= 0.3 is 5.97 Å². The van der Waals surface area contributed by atoms with Crippen molar-refractivity contribution in [3.05, 3.63) is 29.6 Å². The number of likely N-dealkylation sites (tertiary alicyclic amines) is 1. The molecule has 1 aromatic heterocycles. The molecule has 2 heterocycles. The summed E-state index contributed by atoms with van der Waals surface area (Å²) in [5, 5.41) is 0. The zero-order valence-electron chi connectivity index (χ0n) is 12.9. The highest BCUT2D eigenvalue weighted by atomic mass is 16.5. The number of nitrogens with two attached hydrogens (primary N) is 1. The Bertz CT molecular complexity index is 461. The molecule has 2 unspecified atom stereocenters. The second kappa shape index (κ2) is 7.52. The molecule has 0 amide bonds. The Hall–Kier alpha value is -1.46.